The number of alkyl carbamates (subject to hydrolysis) is 1. The largest absolute Gasteiger partial charge is 0.458 e. The van der Waals surface area contributed by atoms with Crippen LogP contribution in [0.15, 0.2) is 0 Å². The van der Waals surface area contributed by atoms with Gasteiger partial charge in [-0.05, 0) is 80.2 Å². The van der Waals surface area contributed by atoms with Crippen LogP contribution in [0.2, 0.25) is 0 Å². The molecule has 210 valence electrons. The minimum Gasteiger partial charge on any atom is -0.458 e. The van der Waals surface area contributed by atoms with Gasteiger partial charge >= 0.3 is 12.1 Å². The molecule has 0 aliphatic heterocycles. The molecule has 0 aromatic rings. The first kappa shape index (κ1) is 33.6. The van der Waals surface area contributed by atoms with Crippen LogP contribution in [0.5, 0.6) is 0 Å². The van der Waals surface area contributed by atoms with E-state index >= 15 is 0 Å². The smallest absolute Gasteiger partial charge is 0.407 e. The summed E-state index contributed by atoms with van der Waals surface area (Å²) in [5.41, 5.74) is 4.24. The molecule has 0 radical (unpaired) electrons. The first-order valence-electron chi connectivity index (χ1n) is 13.2. The fourth-order valence-electron chi connectivity index (χ4n) is 3.27. The Balaban J connectivity index is 5.13. The molecule has 2 atom stereocenters. The lowest BCUT2D eigenvalue weighted by Gasteiger charge is -2.26. The van der Waals surface area contributed by atoms with Gasteiger partial charge in [0.05, 0.1) is 0 Å². The summed E-state index contributed by atoms with van der Waals surface area (Å²) in [5, 5.41) is 8.26. The van der Waals surface area contributed by atoms with E-state index in [0.29, 0.717) is 45.2 Å². The molecule has 36 heavy (non-hydrogen) atoms. The van der Waals surface area contributed by atoms with Crippen molar-refractivity contribution >= 4 is 23.9 Å². The maximum atomic E-state index is 13.1. The van der Waals surface area contributed by atoms with Crippen molar-refractivity contribution in [3.05, 3.63) is 0 Å². The Morgan fingerprint density at radius 1 is 0.778 bits per heavy atom. The Morgan fingerprint density at radius 2 is 1.36 bits per heavy atom. The molecule has 1 unspecified atom stereocenters. The van der Waals surface area contributed by atoms with Crippen LogP contribution in [0.25, 0.3) is 0 Å². The maximum Gasteiger partial charge on any atom is 0.407 e. The fraction of sp³-hybridized carbons (Fsp3) is 0.846. The first-order valence-corrected chi connectivity index (χ1v) is 13.2. The van der Waals surface area contributed by atoms with Gasteiger partial charge in [0.1, 0.15) is 23.3 Å². The molecule has 0 aromatic heterocycles. The van der Waals surface area contributed by atoms with Crippen LogP contribution in [0.1, 0.15) is 106 Å². The van der Waals surface area contributed by atoms with Crippen LogP contribution in [0, 0.1) is 0 Å². The summed E-state index contributed by atoms with van der Waals surface area (Å²) in [4.78, 5) is 50.0. The van der Waals surface area contributed by atoms with Gasteiger partial charge in [-0.3, -0.25) is 9.59 Å². The fourth-order valence-corrected chi connectivity index (χ4v) is 3.27. The van der Waals surface area contributed by atoms with Gasteiger partial charge in [0.15, 0.2) is 0 Å². The van der Waals surface area contributed by atoms with Crippen LogP contribution in [-0.4, -0.2) is 60.3 Å². The van der Waals surface area contributed by atoms with Crippen LogP contribution in [0.4, 0.5) is 4.79 Å². The number of nitrogens with one attached hydrogen (secondary N) is 3. The molecule has 0 aromatic carbocycles. The second kappa shape index (κ2) is 17.2. The SMILES string of the molecule is CCCCC[C@H](NC(=O)C(CCCCNC(=O)OC(C)(C)C)NC(=O)CCCN)C(=O)OC(C)(C)C. The third kappa shape index (κ3) is 18.0. The highest BCUT2D eigenvalue weighted by Gasteiger charge is 2.29. The number of amides is 3. The summed E-state index contributed by atoms with van der Waals surface area (Å²) in [6, 6.07) is -1.60. The van der Waals surface area contributed by atoms with Gasteiger partial charge in [-0.1, -0.05) is 26.2 Å². The lowest BCUT2D eigenvalue weighted by Crippen LogP contribution is -2.52. The highest BCUT2D eigenvalue weighted by molar-refractivity contribution is 5.90. The molecule has 0 saturated carbocycles. The Kier molecular flexibility index (Phi) is 16.0. The number of unbranched alkanes of at least 4 members (excludes halogenated alkanes) is 3. The molecular formula is C26H50N4O6. The predicted octanol–water partition coefficient (Wildman–Crippen LogP) is 3.31. The molecule has 0 rings (SSSR count). The number of hydrogen-bond donors (Lipinski definition) is 4. The first-order chi connectivity index (χ1) is 16.7. The molecule has 3 amide bonds. The molecule has 0 fully saturated rings. The quantitative estimate of drug-likeness (QED) is 0.182. The number of carbonyl (C=O) groups excluding carboxylic acids is 4. The number of hydrogen-bond acceptors (Lipinski definition) is 7. The van der Waals surface area contributed by atoms with Crippen LogP contribution in [-0.2, 0) is 23.9 Å². The molecular weight excluding hydrogens is 464 g/mol. The van der Waals surface area contributed by atoms with E-state index in [2.05, 4.69) is 22.9 Å². The lowest BCUT2D eigenvalue weighted by atomic mass is 10.0. The second-order valence-electron chi connectivity index (χ2n) is 11.0. The third-order valence-electron chi connectivity index (χ3n) is 4.95. The molecule has 0 saturated heterocycles. The molecule has 5 N–H and O–H groups in total. The van der Waals surface area contributed by atoms with Crippen LogP contribution < -0.4 is 21.7 Å². The average Bonchev–Trinajstić information content (AvgIpc) is 2.73. The lowest BCUT2D eigenvalue weighted by molar-refractivity contribution is -0.159. The van der Waals surface area contributed by atoms with Crippen molar-refractivity contribution < 1.29 is 28.7 Å². The number of carbonyl (C=O) groups is 4. The Bertz CT molecular complexity index is 685. The van der Waals surface area contributed by atoms with Gasteiger partial charge in [-0.15, -0.1) is 0 Å². The normalized spacial score (nSPS) is 13.3. The van der Waals surface area contributed by atoms with Crippen molar-refractivity contribution in [3.8, 4) is 0 Å². The zero-order chi connectivity index (χ0) is 27.8. The molecule has 10 nitrogen and oxygen atoms in total. The Morgan fingerprint density at radius 3 is 1.92 bits per heavy atom. The molecule has 0 spiro atoms. The van der Waals surface area contributed by atoms with Crippen LogP contribution >= 0.6 is 0 Å². The number of rotatable bonds is 16. The zero-order valence-electron chi connectivity index (χ0n) is 23.5. The van der Waals surface area contributed by atoms with Crippen molar-refractivity contribution in [2.75, 3.05) is 13.1 Å². The van der Waals surface area contributed by atoms with Crippen molar-refractivity contribution in [2.24, 2.45) is 5.73 Å². The van der Waals surface area contributed by atoms with Gasteiger partial charge < -0.3 is 31.2 Å². The van der Waals surface area contributed by atoms with E-state index in [1.54, 1.807) is 41.5 Å². The summed E-state index contributed by atoms with van der Waals surface area (Å²) in [5.74, 6) is -1.18. The van der Waals surface area contributed by atoms with Gasteiger partial charge in [0.2, 0.25) is 11.8 Å². The molecule has 0 aliphatic carbocycles. The van der Waals surface area contributed by atoms with Crippen molar-refractivity contribution in [1.29, 1.82) is 0 Å². The van der Waals surface area contributed by atoms with E-state index in [9.17, 15) is 19.2 Å². The highest BCUT2D eigenvalue weighted by atomic mass is 16.6. The predicted molar refractivity (Wildman–Crippen MR) is 140 cm³/mol. The van der Waals surface area contributed by atoms with E-state index in [1.165, 1.54) is 0 Å². The summed E-state index contributed by atoms with van der Waals surface area (Å²) in [7, 11) is 0. The summed E-state index contributed by atoms with van der Waals surface area (Å²) in [6.45, 7) is 13.5. The standard InChI is InChI=1S/C26H50N4O6/c1-8-9-10-15-20(23(33)35-25(2,3)4)30-22(32)19(29-21(31)16-13-17-27)14-11-12-18-28-24(34)36-26(5,6)7/h19-20H,8-18,27H2,1-7H3,(H,28,34)(H,29,31)(H,30,32)/t19?,20-/m0/s1. The average molecular weight is 515 g/mol. The minimum atomic E-state index is -0.812. The Hall–Kier alpha value is -2.36. The second-order valence-corrected chi connectivity index (χ2v) is 11.0. The van der Waals surface area contributed by atoms with E-state index < -0.39 is 41.3 Å². The summed E-state index contributed by atoms with van der Waals surface area (Å²) >= 11 is 0. The molecule has 0 bridgehead atoms. The van der Waals surface area contributed by atoms with Crippen molar-refractivity contribution in [3.63, 3.8) is 0 Å². The monoisotopic (exact) mass is 514 g/mol. The van der Waals surface area contributed by atoms with Crippen molar-refractivity contribution in [1.82, 2.24) is 16.0 Å². The number of nitrogens with two attached hydrogens (primary N) is 1. The van der Waals surface area contributed by atoms with Gasteiger partial charge in [-0.2, -0.15) is 0 Å². The van der Waals surface area contributed by atoms with Gasteiger partial charge in [-0.25, -0.2) is 9.59 Å². The van der Waals surface area contributed by atoms with Crippen molar-refractivity contribution in [2.45, 2.75) is 130 Å². The number of esters is 1. The summed E-state index contributed by atoms with van der Waals surface area (Å²) < 4.78 is 10.7. The van der Waals surface area contributed by atoms with E-state index in [1.807, 2.05) is 0 Å². The maximum absolute atomic E-state index is 13.1. The summed E-state index contributed by atoms with van der Waals surface area (Å²) in [6.07, 6.45) is 4.87. The molecule has 0 heterocycles. The Labute approximate surface area is 217 Å². The molecule has 0 aliphatic rings. The number of ether oxygens (including phenoxy) is 2. The van der Waals surface area contributed by atoms with Crippen LogP contribution in [0.3, 0.4) is 0 Å². The zero-order valence-corrected chi connectivity index (χ0v) is 23.5. The highest BCUT2D eigenvalue weighted by Crippen LogP contribution is 2.13. The minimum absolute atomic E-state index is 0.215. The van der Waals surface area contributed by atoms with E-state index in [4.69, 9.17) is 15.2 Å². The van der Waals surface area contributed by atoms with Gasteiger partial charge in [0.25, 0.3) is 0 Å². The molecule has 10 heteroatoms. The van der Waals surface area contributed by atoms with E-state index in [-0.39, 0.29) is 12.3 Å². The topological polar surface area (TPSA) is 149 Å². The van der Waals surface area contributed by atoms with E-state index in [0.717, 1.165) is 19.3 Å². The third-order valence-corrected chi connectivity index (χ3v) is 4.95. The van der Waals surface area contributed by atoms with Gasteiger partial charge in [0, 0.05) is 13.0 Å².